The zero-order valence-corrected chi connectivity index (χ0v) is 14.9. The predicted octanol–water partition coefficient (Wildman–Crippen LogP) is 4.67. The number of ketones is 2. The van der Waals surface area contributed by atoms with Crippen molar-refractivity contribution >= 4 is 11.6 Å². The highest BCUT2D eigenvalue weighted by Gasteiger charge is 2.59. The van der Waals surface area contributed by atoms with Crippen LogP contribution in [-0.4, -0.2) is 18.2 Å². The number of allylic oxidation sites excluding steroid dienone is 1. The van der Waals surface area contributed by atoms with Gasteiger partial charge in [-0.05, 0) is 79.6 Å². The molecule has 0 saturated heterocycles. The summed E-state index contributed by atoms with van der Waals surface area (Å²) in [4.78, 5) is 24.0. The van der Waals surface area contributed by atoms with Gasteiger partial charge in [0.25, 0.3) is 0 Å². The lowest BCUT2D eigenvalue weighted by atomic mass is 9.46. The molecule has 2 nitrogen and oxygen atoms in total. The Bertz CT molecular complexity index is 609. The van der Waals surface area contributed by atoms with E-state index in [-0.39, 0.29) is 22.5 Å². The lowest BCUT2D eigenvalue weighted by Gasteiger charge is -2.58. The van der Waals surface area contributed by atoms with Crippen LogP contribution in [0.3, 0.4) is 0 Å². The summed E-state index contributed by atoms with van der Waals surface area (Å²) in [6.07, 6.45) is 9.96. The van der Waals surface area contributed by atoms with Crippen LogP contribution in [0.15, 0.2) is 11.6 Å². The quantitative estimate of drug-likeness (QED) is 0.736. The van der Waals surface area contributed by atoms with Gasteiger partial charge in [-0.3, -0.25) is 9.59 Å². The second-order valence-electron chi connectivity index (χ2n) is 9.24. The number of fused-ring (bicyclic) bond motifs is 5. The number of Topliss-reactive ketones (excluding diaryl/α,β-unsaturated/α-hetero) is 1. The van der Waals surface area contributed by atoms with Crippen molar-refractivity contribution in [1.29, 1.82) is 0 Å². The van der Waals surface area contributed by atoms with E-state index in [1.165, 1.54) is 5.57 Å². The number of carbonyl (C=O) groups is 2. The van der Waals surface area contributed by atoms with Crippen LogP contribution in [0.2, 0.25) is 0 Å². The third-order valence-corrected chi connectivity index (χ3v) is 8.48. The molecule has 0 spiro atoms. The number of carbonyl (C=O) groups excluding carboxylic acids is 2. The van der Waals surface area contributed by atoms with Gasteiger partial charge >= 0.3 is 0 Å². The molecular formula is C21H29FO2. The van der Waals surface area contributed by atoms with Crippen LogP contribution in [0.5, 0.6) is 0 Å². The lowest BCUT2D eigenvalue weighted by Crippen LogP contribution is -2.51. The van der Waals surface area contributed by atoms with Crippen LogP contribution in [-0.2, 0) is 9.59 Å². The Kier molecular flexibility index (Phi) is 3.78. The topological polar surface area (TPSA) is 34.1 Å². The summed E-state index contributed by atoms with van der Waals surface area (Å²) >= 11 is 0. The highest BCUT2D eigenvalue weighted by Crippen LogP contribution is 2.66. The first-order chi connectivity index (χ1) is 11.4. The van der Waals surface area contributed by atoms with Crippen LogP contribution in [0.1, 0.15) is 65.2 Å². The number of rotatable bonds is 2. The first kappa shape index (κ1) is 16.5. The smallest absolute Gasteiger partial charge is 0.167 e. The number of hydrogen-bond acceptors (Lipinski definition) is 2. The average molecular weight is 332 g/mol. The van der Waals surface area contributed by atoms with E-state index in [0.717, 1.165) is 44.9 Å². The summed E-state index contributed by atoms with van der Waals surface area (Å²) in [6.45, 7) is 3.84. The molecule has 132 valence electrons. The first-order valence-corrected chi connectivity index (χ1v) is 9.72. The van der Waals surface area contributed by atoms with E-state index in [1.807, 2.05) is 6.08 Å². The van der Waals surface area contributed by atoms with Gasteiger partial charge in [-0.15, -0.1) is 0 Å². The molecule has 6 atom stereocenters. The van der Waals surface area contributed by atoms with E-state index in [1.54, 1.807) is 0 Å². The monoisotopic (exact) mass is 332 g/mol. The van der Waals surface area contributed by atoms with Gasteiger partial charge in [-0.25, -0.2) is 4.39 Å². The van der Waals surface area contributed by atoms with Crippen LogP contribution < -0.4 is 0 Å². The first-order valence-electron chi connectivity index (χ1n) is 9.72. The Morgan fingerprint density at radius 2 is 1.92 bits per heavy atom. The number of halogens is 1. The molecule has 0 radical (unpaired) electrons. The zero-order chi connectivity index (χ0) is 17.1. The van der Waals surface area contributed by atoms with E-state index in [4.69, 9.17) is 0 Å². The van der Waals surface area contributed by atoms with Gasteiger partial charge in [0.05, 0.1) is 0 Å². The molecule has 0 aliphatic heterocycles. The van der Waals surface area contributed by atoms with Crippen molar-refractivity contribution in [2.75, 3.05) is 6.67 Å². The van der Waals surface area contributed by atoms with Crippen LogP contribution >= 0.6 is 0 Å². The molecule has 24 heavy (non-hydrogen) atoms. The number of alkyl halides is 1. The fourth-order valence-corrected chi connectivity index (χ4v) is 7.18. The average Bonchev–Trinajstić information content (AvgIpc) is 2.92. The van der Waals surface area contributed by atoms with E-state index >= 15 is 0 Å². The maximum atomic E-state index is 13.0. The lowest BCUT2D eigenvalue weighted by molar-refractivity contribution is -0.131. The Hall–Kier alpha value is -0.990. The van der Waals surface area contributed by atoms with Crippen molar-refractivity contribution in [1.82, 2.24) is 0 Å². The Balaban J connectivity index is 1.65. The third kappa shape index (κ3) is 2.12. The summed E-state index contributed by atoms with van der Waals surface area (Å²) in [5.41, 5.74) is 1.57. The Morgan fingerprint density at radius 1 is 1.12 bits per heavy atom. The molecule has 0 bridgehead atoms. The van der Waals surface area contributed by atoms with Crippen molar-refractivity contribution in [2.45, 2.75) is 65.2 Å². The molecule has 0 aromatic heterocycles. The van der Waals surface area contributed by atoms with Gasteiger partial charge in [-0.2, -0.15) is 0 Å². The summed E-state index contributed by atoms with van der Waals surface area (Å²) in [5, 5.41) is 0. The fourth-order valence-electron chi connectivity index (χ4n) is 7.18. The van der Waals surface area contributed by atoms with Crippen molar-refractivity contribution < 1.29 is 14.0 Å². The predicted molar refractivity (Wildman–Crippen MR) is 91.2 cm³/mol. The fraction of sp³-hybridized carbons (Fsp3) is 0.810. The molecule has 0 aromatic rings. The van der Waals surface area contributed by atoms with Gasteiger partial charge in [0.2, 0.25) is 0 Å². The number of hydrogen-bond donors (Lipinski definition) is 0. The van der Waals surface area contributed by atoms with E-state index in [9.17, 15) is 14.0 Å². The SMILES string of the molecule is CC12CCC(=O)C=C1CCC1C2CCC2(C)C(C(=O)CF)CCC12. The highest BCUT2D eigenvalue weighted by molar-refractivity contribution is 5.91. The normalized spacial score (nSPS) is 47.5. The molecule has 4 aliphatic carbocycles. The minimum atomic E-state index is -0.798. The largest absolute Gasteiger partial charge is 0.296 e. The standard InChI is InChI=1S/C21H29FO2/c1-20-9-7-14(23)11-13(20)3-4-15-16-5-6-18(19(24)12-22)21(16,2)10-8-17(15)20/h11,15-18H,3-10,12H2,1-2H3. The van der Waals surface area contributed by atoms with Crippen molar-refractivity contribution in [3.8, 4) is 0 Å². The molecule has 3 fully saturated rings. The molecule has 3 heteroatoms. The van der Waals surface area contributed by atoms with Crippen molar-refractivity contribution in [3.05, 3.63) is 11.6 Å². The summed E-state index contributed by atoms with van der Waals surface area (Å²) in [6, 6.07) is 0. The van der Waals surface area contributed by atoms with Crippen molar-refractivity contribution in [3.63, 3.8) is 0 Å². The summed E-state index contributed by atoms with van der Waals surface area (Å²) in [7, 11) is 0. The van der Waals surface area contributed by atoms with Crippen molar-refractivity contribution in [2.24, 2.45) is 34.5 Å². The molecule has 0 aromatic carbocycles. The second-order valence-corrected chi connectivity index (χ2v) is 9.24. The van der Waals surface area contributed by atoms with Crippen LogP contribution in [0.4, 0.5) is 4.39 Å². The van der Waals surface area contributed by atoms with Gasteiger partial charge in [-0.1, -0.05) is 19.4 Å². The van der Waals surface area contributed by atoms with Gasteiger partial charge in [0.15, 0.2) is 11.6 Å². The highest BCUT2D eigenvalue weighted by atomic mass is 19.1. The van der Waals surface area contributed by atoms with Gasteiger partial charge in [0, 0.05) is 12.3 Å². The van der Waals surface area contributed by atoms with E-state index in [2.05, 4.69) is 13.8 Å². The zero-order valence-electron chi connectivity index (χ0n) is 14.9. The molecule has 0 amide bonds. The van der Waals surface area contributed by atoms with Gasteiger partial charge in [0.1, 0.15) is 6.67 Å². The minimum absolute atomic E-state index is 0.00635. The van der Waals surface area contributed by atoms with Crippen LogP contribution in [0.25, 0.3) is 0 Å². The maximum absolute atomic E-state index is 13.0. The Morgan fingerprint density at radius 3 is 2.67 bits per heavy atom. The third-order valence-electron chi connectivity index (χ3n) is 8.48. The molecule has 0 heterocycles. The van der Waals surface area contributed by atoms with E-state index < -0.39 is 6.67 Å². The second kappa shape index (κ2) is 5.51. The van der Waals surface area contributed by atoms with E-state index in [0.29, 0.717) is 30.0 Å². The van der Waals surface area contributed by atoms with Crippen LogP contribution in [0, 0.1) is 34.5 Å². The van der Waals surface area contributed by atoms with Gasteiger partial charge < -0.3 is 0 Å². The Labute approximate surface area is 144 Å². The molecule has 6 unspecified atom stereocenters. The minimum Gasteiger partial charge on any atom is -0.296 e. The molecule has 0 N–H and O–H groups in total. The molecular weight excluding hydrogens is 303 g/mol. The molecule has 4 rings (SSSR count). The maximum Gasteiger partial charge on any atom is 0.167 e. The summed E-state index contributed by atoms with van der Waals surface area (Å²) in [5.74, 6) is 1.93. The summed E-state index contributed by atoms with van der Waals surface area (Å²) < 4.78 is 13.0. The molecule has 3 saturated carbocycles. The molecule has 4 aliphatic rings.